The van der Waals surface area contributed by atoms with E-state index in [1.54, 1.807) is 12.3 Å². The molecule has 7 nitrogen and oxygen atoms in total. The second-order valence-electron chi connectivity index (χ2n) is 5.82. The summed E-state index contributed by atoms with van der Waals surface area (Å²) in [5.74, 6) is 0.592. The Morgan fingerprint density at radius 1 is 1.03 bits per heavy atom. The molecular formula is C24H28N6O. The van der Waals surface area contributed by atoms with Gasteiger partial charge in [-0.05, 0) is 24.3 Å². The summed E-state index contributed by atoms with van der Waals surface area (Å²) in [5.41, 5.74) is 9.37. The molecule has 0 bridgehead atoms. The molecule has 3 N–H and O–H groups in total. The molecule has 1 amide bonds. The first-order valence-corrected chi connectivity index (χ1v) is 10.3. The van der Waals surface area contributed by atoms with E-state index in [4.69, 9.17) is 5.73 Å². The predicted octanol–water partition coefficient (Wildman–Crippen LogP) is 5.24. The van der Waals surface area contributed by atoms with Gasteiger partial charge in [0.15, 0.2) is 5.65 Å². The molecule has 0 aliphatic rings. The Morgan fingerprint density at radius 3 is 2.42 bits per heavy atom. The molecule has 0 aliphatic heterocycles. The third-order valence-corrected chi connectivity index (χ3v) is 4.01. The molecule has 4 aromatic rings. The molecule has 0 spiro atoms. The first-order chi connectivity index (χ1) is 15.2. The second-order valence-corrected chi connectivity index (χ2v) is 5.82. The average molecular weight is 417 g/mol. The zero-order valence-electron chi connectivity index (χ0n) is 18.3. The molecule has 4 rings (SSSR count). The van der Waals surface area contributed by atoms with E-state index in [2.05, 4.69) is 26.8 Å². The van der Waals surface area contributed by atoms with E-state index >= 15 is 0 Å². The molecule has 7 heteroatoms. The number of rotatable bonds is 4. The van der Waals surface area contributed by atoms with Crippen LogP contribution in [0.1, 0.15) is 27.7 Å². The van der Waals surface area contributed by atoms with E-state index < -0.39 is 0 Å². The van der Waals surface area contributed by atoms with Crippen LogP contribution in [0.4, 0.5) is 11.6 Å². The van der Waals surface area contributed by atoms with E-state index in [0.29, 0.717) is 22.7 Å². The minimum atomic E-state index is -0.280. The third-order valence-electron chi connectivity index (χ3n) is 4.01. The molecule has 2 heterocycles. The van der Waals surface area contributed by atoms with Crippen molar-refractivity contribution in [2.45, 2.75) is 27.7 Å². The summed E-state index contributed by atoms with van der Waals surface area (Å²) in [5, 5.41) is 2.76. The number of nitrogens with zero attached hydrogens (tertiary/aromatic N) is 4. The van der Waals surface area contributed by atoms with E-state index in [9.17, 15) is 4.79 Å². The SMILES string of the molecule is C=CC(=O)Nc1cccc(-n2c(-c3ccccc3)nc3cnc(N)nc32)c1.CC.CC. The number of imidazole rings is 1. The van der Waals surface area contributed by atoms with E-state index in [-0.39, 0.29) is 11.9 Å². The van der Waals surface area contributed by atoms with Gasteiger partial charge < -0.3 is 11.1 Å². The molecule has 0 unspecified atom stereocenters. The van der Waals surface area contributed by atoms with Gasteiger partial charge in [0.05, 0.1) is 11.9 Å². The predicted molar refractivity (Wildman–Crippen MR) is 128 cm³/mol. The molecule has 0 radical (unpaired) electrons. The number of carbonyl (C=O) groups is 1. The van der Waals surface area contributed by atoms with E-state index in [0.717, 1.165) is 11.3 Å². The number of amides is 1. The van der Waals surface area contributed by atoms with Gasteiger partial charge in [0.25, 0.3) is 0 Å². The van der Waals surface area contributed by atoms with Gasteiger partial charge in [0.2, 0.25) is 11.9 Å². The maximum absolute atomic E-state index is 11.6. The summed E-state index contributed by atoms with van der Waals surface area (Å²) >= 11 is 0. The fourth-order valence-electron chi connectivity index (χ4n) is 2.83. The number of hydrogen-bond donors (Lipinski definition) is 2. The van der Waals surface area contributed by atoms with Crippen LogP contribution in [0.3, 0.4) is 0 Å². The topological polar surface area (TPSA) is 98.7 Å². The van der Waals surface area contributed by atoms with Gasteiger partial charge >= 0.3 is 0 Å². The molecule has 0 atom stereocenters. The van der Waals surface area contributed by atoms with Crippen LogP contribution in [0, 0.1) is 0 Å². The summed E-state index contributed by atoms with van der Waals surface area (Å²) in [6.45, 7) is 11.5. The Bertz CT molecular complexity index is 1150. The van der Waals surface area contributed by atoms with E-state index in [1.807, 2.05) is 80.8 Å². The number of fused-ring (bicyclic) bond motifs is 1. The molecule has 2 aromatic heterocycles. The number of aromatic nitrogens is 4. The molecular weight excluding hydrogens is 388 g/mol. The Kier molecular flexibility index (Phi) is 8.45. The lowest BCUT2D eigenvalue weighted by Gasteiger charge is -2.11. The van der Waals surface area contributed by atoms with Gasteiger partial charge in [-0.15, -0.1) is 0 Å². The van der Waals surface area contributed by atoms with Crippen molar-refractivity contribution in [2.24, 2.45) is 0 Å². The van der Waals surface area contributed by atoms with Gasteiger partial charge in [-0.2, -0.15) is 4.98 Å². The largest absolute Gasteiger partial charge is 0.368 e. The van der Waals surface area contributed by atoms with Crippen LogP contribution < -0.4 is 11.1 Å². The van der Waals surface area contributed by atoms with Crippen molar-refractivity contribution < 1.29 is 4.79 Å². The van der Waals surface area contributed by atoms with Crippen molar-refractivity contribution in [3.8, 4) is 17.1 Å². The van der Waals surface area contributed by atoms with Crippen LogP contribution in [-0.2, 0) is 4.79 Å². The van der Waals surface area contributed by atoms with Crippen LogP contribution in [0.15, 0.2) is 73.4 Å². The fourth-order valence-corrected chi connectivity index (χ4v) is 2.83. The minimum absolute atomic E-state index is 0.166. The summed E-state index contributed by atoms with van der Waals surface area (Å²) in [4.78, 5) is 24.7. The zero-order valence-corrected chi connectivity index (χ0v) is 18.3. The maximum atomic E-state index is 11.6. The van der Waals surface area contributed by atoms with Gasteiger partial charge in [-0.1, -0.05) is 70.7 Å². The minimum Gasteiger partial charge on any atom is -0.368 e. The maximum Gasteiger partial charge on any atom is 0.247 e. The van der Waals surface area contributed by atoms with Crippen molar-refractivity contribution >= 4 is 28.7 Å². The normalized spacial score (nSPS) is 9.68. The zero-order chi connectivity index (χ0) is 22.8. The van der Waals surface area contributed by atoms with Gasteiger partial charge in [-0.3, -0.25) is 9.36 Å². The fraction of sp³-hybridized carbons (Fsp3) is 0.167. The number of hydrogen-bond acceptors (Lipinski definition) is 5. The third kappa shape index (κ3) is 5.33. The van der Waals surface area contributed by atoms with Gasteiger partial charge in [-0.25, -0.2) is 9.97 Å². The Labute approximate surface area is 182 Å². The Morgan fingerprint density at radius 2 is 1.74 bits per heavy atom. The lowest BCUT2D eigenvalue weighted by Crippen LogP contribution is -2.08. The van der Waals surface area contributed by atoms with Crippen LogP contribution in [-0.4, -0.2) is 25.4 Å². The monoisotopic (exact) mass is 416 g/mol. The summed E-state index contributed by atoms with van der Waals surface area (Å²) < 4.78 is 1.90. The Hall–Kier alpha value is -4.00. The number of benzene rings is 2. The van der Waals surface area contributed by atoms with Crippen molar-refractivity contribution in [3.63, 3.8) is 0 Å². The number of nitrogen functional groups attached to an aromatic ring is 1. The lowest BCUT2D eigenvalue weighted by atomic mass is 10.2. The van der Waals surface area contributed by atoms with Crippen LogP contribution >= 0.6 is 0 Å². The van der Waals surface area contributed by atoms with Crippen molar-refractivity contribution in [3.05, 3.63) is 73.4 Å². The first-order valence-electron chi connectivity index (χ1n) is 10.3. The van der Waals surface area contributed by atoms with Crippen LogP contribution in [0.2, 0.25) is 0 Å². The molecule has 2 aromatic carbocycles. The highest BCUT2D eigenvalue weighted by Crippen LogP contribution is 2.28. The molecule has 160 valence electrons. The van der Waals surface area contributed by atoms with Crippen molar-refractivity contribution in [1.29, 1.82) is 0 Å². The summed E-state index contributed by atoms with van der Waals surface area (Å²) in [6, 6.07) is 17.2. The number of carbonyl (C=O) groups excluding carboxylic acids is 1. The smallest absolute Gasteiger partial charge is 0.247 e. The van der Waals surface area contributed by atoms with Crippen molar-refractivity contribution in [2.75, 3.05) is 11.1 Å². The molecule has 0 saturated carbocycles. The molecule has 0 saturated heterocycles. The van der Waals surface area contributed by atoms with Crippen molar-refractivity contribution in [1.82, 2.24) is 19.5 Å². The molecule has 0 fully saturated rings. The highest BCUT2D eigenvalue weighted by atomic mass is 16.1. The summed E-state index contributed by atoms with van der Waals surface area (Å²) in [6.07, 6.45) is 2.83. The number of nitrogens with two attached hydrogens (primary N) is 1. The quantitative estimate of drug-likeness (QED) is 0.443. The molecule has 31 heavy (non-hydrogen) atoms. The highest BCUT2D eigenvalue weighted by molar-refractivity contribution is 5.99. The first kappa shape index (κ1) is 23.3. The standard InChI is InChI=1S/C20H16N6O.2C2H6/c1-2-17(27)23-14-9-6-10-15(11-14)26-18(13-7-4-3-5-8-13)24-16-12-22-20(21)25-19(16)26;2*1-2/h2-12H,1H2,(H,23,27)(H2,21,22,25);2*1-2H3. The van der Waals surface area contributed by atoms with Crippen LogP contribution in [0.25, 0.3) is 28.2 Å². The second kappa shape index (κ2) is 11.3. The van der Waals surface area contributed by atoms with Gasteiger partial charge in [0.1, 0.15) is 11.3 Å². The average Bonchev–Trinajstić information content (AvgIpc) is 3.21. The van der Waals surface area contributed by atoms with Gasteiger partial charge in [0, 0.05) is 11.3 Å². The highest BCUT2D eigenvalue weighted by Gasteiger charge is 2.16. The molecule has 0 aliphatic carbocycles. The Balaban J connectivity index is 0.000000807. The summed E-state index contributed by atoms with van der Waals surface area (Å²) in [7, 11) is 0. The lowest BCUT2D eigenvalue weighted by molar-refractivity contribution is -0.111. The van der Waals surface area contributed by atoms with E-state index in [1.165, 1.54) is 6.08 Å². The number of anilines is 2. The number of nitrogens with one attached hydrogen (secondary N) is 1. The van der Waals surface area contributed by atoms with Crippen LogP contribution in [0.5, 0.6) is 0 Å².